The second-order valence-electron chi connectivity index (χ2n) is 5.46. The van der Waals surface area contributed by atoms with Gasteiger partial charge in [0.15, 0.2) is 0 Å². The zero-order valence-corrected chi connectivity index (χ0v) is 11.4. The van der Waals surface area contributed by atoms with Crippen molar-refractivity contribution in [3.8, 4) is 0 Å². The summed E-state index contributed by atoms with van der Waals surface area (Å²) in [5.74, 6) is 0. The van der Waals surface area contributed by atoms with Gasteiger partial charge in [-0.1, -0.05) is 23.7 Å². The van der Waals surface area contributed by atoms with Crippen molar-refractivity contribution < 1.29 is 5.11 Å². The molecule has 0 saturated carbocycles. The summed E-state index contributed by atoms with van der Waals surface area (Å²) in [6, 6.07) is 5.77. The van der Waals surface area contributed by atoms with Crippen LogP contribution in [-0.2, 0) is 18.4 Å². The summed E-state index contributed by atoms with van der Waals surface area (Å²) in [6.07, 6.45) is 3.10. The van der Waals surface area contributed by atoms with E-state index >= 15 is 0 Å². The molecule has 2 nitrogen and oxygen atoms in total. The molecule has 0 saturated heterocycles. The van der Waals surface area contributed by atoms with Gasteiger partial charge in [-0.3, -0.25) is 4.98 Å². The molecule has 1 aliphatic carbocycles. The third-order valence-electron chi connectivity index (χ3n) is 3.61. The van der Waals surface area contributed by atoms with Gasteiger partial charge in [0.2, 0.25) is 0 Å². The van der Waals surface area contributed by atoms with E-state index in [0.717, 1.165) is 41.4 Å². The van der Waals surface area contributed by atoms with Gasteiger partial charge < -0.3 is 5.11 Å². The van der Waals surface area contributed by atoms with Gasteiger partial charge >= 0.3 is 0 Å². The summed E-state index contributed by atoms with van der Waals surface area (Å²) in [7, 11) is 0. The van der Waals surface area contributed by atoms with E-state index in [4.69, 9.17) is 11.6 Å². The topological polar surface area (TPSA) is 33.1 Å². The molecule has 0 spiro atoms. The number of nitrogens with zero attached hydrogens (tertiary/aromatic N) is 1. The summed E-state index contributed by atoms with van der Waals surface area (Å²) >= 11 is 6.24. The molecule has 1 heterocycles. The van der Waals surface area contributed by atoms with Crippen LogP contribution in [0.1, 0.15) is 37.1 Å². The fourth-order valence-corrected chi connectivity index (χ4v) is 3.16. The number of aliphatic hydroxyl groups is 1. The first kappa shape index (κ1) is 11.9. The Balaban J connectivity index is 2.47. The summed E-state index contributed by atoms with van der Waals surface area (Å²) in [6.45, 7) is 3.67. The van der Waals surface area contributed by atoms with Crippen molar-refractivity contribution >= 4 is 22.5 Å². The van der Waals surface area contributed by atoms with E-state index in [2.05, 4.69) is 4.98 Å². The largest absolute Gasteiger partial charge is 0.386 e. The van der Waals surface area contributed by atoms with Crippen LogP contribution in [0.25, 0.3) is 10.9 Å². The molecule has 2 aromatic rings. The average molecular weight is 262 g/mol. The normalized spacial score (nSPS) is 15.1. The molecule has 0 aliphatic heterocycles. The van der Waals surface area contributed by atoms with Crippen molar-refractivity contribution in [2.75, 3.05) is 0 Å². The van der Waals surface area contributed by atoms with E-state index in [0.29, 0.717) is 5.02 Å². The quantitative estimate of drug-likeness (QED) is 0.851. The van der Waals surface area contributed by atoms with Gasteiger partial charge in [-0.05, 0) is 50.3 Å². The third-order valence-corrected chi connectivity index (χ3v) is 3.91. The van der Waals surface area contributed by atoms with Crippen LogP contribution in [0.15, 0.2) is 18.2 Å². The molecule has 0 radical (unpaired) electrons. The molecule has 18 heavy (non-hydrogen) atoms. The Morgan fingerprint density at radius 3 is 2.78 bits per heavy atom. The summed E-state index contributed by atoms with van der Waals surface area (Å²) in [4.78, 5) is 4.69. The minimum absolute atomic E-state index is 0.660. The summed E-state index contributed by atoms with van der Waals surface area (Å²) in [5.41, 5.74) is 3.28. The highest BCUT2D eigenvalue weighted by atomic mass is 35.5. The summed E-state index contributed by atoms with van der Waals surface area (Å²) < 4.78 is 0. The Bertz CT molecular complexity index is 628. The van der Waals surface area contributed by atoms with Crippen LogP contribution < -0.4 is 0 Å². The number of aromatic nitrogens is 1. The molecule has 3 rings (SSSR count). The van der Waals surface area contributed by atoms with Crippen LogP contribution in [-0.4, -0.2) is 10.1 Å². The van der Waals surface area contributed by atoms with Gasteiger partial charge in [0, 0.05) is 11.1 Å². The van der Waals surface area contributed by atoms with Crippen molar-refractivity contribution in [2.45, 2.75) is 38.7 Å². The predicted octanol–water partition coefficient (Wildman–Crippen LogP) is 3.60. The van der Waals surface area contributed by atoms with Gasteiger partial charge in [-0.25, -0.2) is 0 Å². The molecule has 1 N–H and O–H groups in total. The molecule has 1 aromatic carbocycles. The number of halogens is 1. The van der Waals surface area contributed by atoms with Crippen LogP contribution in [0.5, 0.6) is 0 Å². The second-order valence-corrected chi connectivity index (χ2v) is 5.87. The maximum absolute atomic E-state index is 10.5. The molecule has 3 heteroatoms. The minimum atomic E-state index is -0.861. The lowest BCUT2D eigenvalue weighted by Gasteiger charge is -2.23. The lowest BCUT2D eigenvalue weighted by Crippen LogP contribution is -2.19. The maximum atomic E-state index is 10.5. The van der Waals surface area contributed by atoms with E-state index in [1.807, 2.05) is 32.0 Å². The Hall–Kier alpha value is -1.12. The smallest absolute Gasteiger partial charge is 0.0895 e. The highest BCUT2D eigenvalue weighted by Gasteiger charge is 2.28. The molecule has 0 bridgehead atoms. The van der Waals surface area contributed by atoms with Crippen molar-refractivity contribution in [3.05, 3.63) is 40.0 Å². The average Bonchev–Trinajstić information content (AvgIpc) is 2.72. The van der Waals surface area contributed by atoms with Crippen molar-refractivity contribution in [1.29, 1.82) is 0 Å². The number of para-hydroxylation sites is 1. The number of benzene rings is 1. The van der Waals surface area contributed by atoms with E-state index in [1.165, 1.54) is 5.56 Å². The van der Waals surface area contributed by atoms with Crippen LogP contribution in [0.3, 0.4) is 0 Å². The number of rotatable bonds is 1. The van der Waals surface area contributed by atoms with E-state index < -0.39 is 5.60 Å². The highest BCUT2D eigenvalue weighted by molar-refractivity contribution is 6.35. The van der Waals surface area contributed by atoms with Crippen LogP contribution in [0.4, 0.5) is 0 Å². The zero-order valence-electron chi connectivity index (χ0n) is 10.6. The molecule has 1 aliphatic rings. The van der Waals surface area contributed by atoms with Crippen LogP contribution in [0.2, 0.25) is 5.02 Å². The van der Waals surface area contributed by atoms with Crippen molar-refractivity contribution in [3.63, 3.8) is 0 Å². The molecule has 0 fully saturated rings. The Kier molecular flexibility index (Phi) is 2.61. The fraction of sp³-hybridized carbons (Fsp3) is 0.400. The van der Waals surface area contributed by atoms with Gasteiger partial charge in [-0.15, -0.1) is 0 Å². The fourth-order valence-electron chi connectivity index (χ4n) is 2.95. The molecular weight excluding hydrogens is 246 g/mol. The van der Waals surface area contributed by atoms with Crippen molar-refractivity contribution in [2.24, 2.45) is 0 Å². The van der Waals surface area contributed by atoms with E-state index in [-0.39, 0.29) is 0 Å². The van der Waals surface area contributed by atoms with Gasteiger partial charge in [0.05, 0.1) is 16.1 Å². The van der Waals surface area contributed by atoms with E-state index in [9.17, 15) is 5.11 Å². The predicted molar refractivity (Wildman–Crippen MR) is 74.0 cm³/mol. The van der Waals surface area contributed by atoms with Crippen LogP contribution in [0, 0.1) is 0 Å². The monoisotopic (exact) mass is 261 g/mol. The first-order valence-electron chi connectivity index (χ1n) is 6.31. The SMILES string of the molecule is CC(C)(O)c1c2c(nc3c(Cl)cccc13)CCC2. The highest BCUT2D eigenvalue weighted by Crippen LogP contribution is 2.38. The molecule has 0 atom stereocenters. The lowest BCUT2D eigenvalue weighted by molar-refractivity contribution is 0.0792. The first-order chi connectivity index (χ1) is 8.48. The molecular formula is C15H16ClNO. The Morgan fingerprint density at radius 2 is 2.06 bits per heavy atom. The van der Waals surface area contributed by atoms with E-state index in [1.54, 1.807) is 0 Å². The molecule has 94 valence electrons. The molecule has 0 amide bonds. The number of fused-ring (bicyclic) bond motifs is 2. The Morgan fingerprint density at radius 1 is 1.28 bits per heavy atom. The van der Waals surface area contributed by atoms with Crippen molar-refractivity contribution in [1.82, 2.24) is 4.98 Å². The standard InChI is InChI=1S/C15H16ClNO/c1-15(2,18)13-9-5-4-8-12(9)17-14-10(13)6-3-7-11(14)16/h3,6-7,18H,4-5,8H2,1-2H3. The van der Waals surface area contributed by atoms with Gasteiger partial charge in [0.25, 0.3) is 0 Å². The van der Waals surface area contributed by atoms with Gasteiger partial charge in [0.1, 0.15) is 0 Å². The first-order valence-corrected chi connectivity index (χ1v) is 6.69. The summed E-state index contributed by atoms with van der Waals surface area (Å²) in [5, 5.41) is 12.1. The second kappa shape index (κ2) is 3.94. The minimum Gasteiger partial charge on any atom is -0.386 e. The number of pyridine rings is 1. The number of hydrogen-bond acceptors (Lipinski definition) is 2. The Labute approximate surface area is 112 Å². The zero-order chi connectivity index (χ0) is 12.9. The number of hydrogen-bond donors (Lipinski definition) is 1. The molecule has 1 aromatic heterocycles. The van der Waals surface area contributed by atoms with Gasteiger partial charge in [-0.2, -0.15) is 0 Å². The third kappa shape index (κ3) is 1.72. The molecule has 0 unspecified atom stereocenters. The maximum Gasteiger partial charge on any atom is 0.0895 e. The van der Waals surface area contributed by atoms with Crippen LogP contribution >= 0.6 is 11.6 Å². The lowest BCUT2D eigenvalue weighted by atomic mass is 9.89. The number of aryl methyl sites for hydroxylation is 1.